The number of carbonyl (C=O) groups excluding carboxylic acids is 2. The van der Waals surface area contributed by atoms with E-state index >= 15 is 0 Å². The van der Waals surface area contributed by atoms with Crippen molar-refractivity contribution >= 4 is 23.3 Å². The minimum Gasteiger partial charge on any atom is -0.363 e. The summed E-state index contributed by atoms with van der Waals surface area (Å²) in [6.45, 7) is 10.2. The van der Waals surface area contributed by atoms with Crippen molar-refractivity contribution in [2.45, 2.75) is 46.7 Å². The third-order valence-electron chi connectivity index (χ3n) is 5.45. The van der Waals surface area contributed by atoms with Crippen molar-refractivity contribution in [1.29, 1.82) is 0 Å². The van der Waals surface area contributed by atoms with Crippen LogP contribution in [0.25, 0.3) is 0 Å². The molecule has 1 aliphatic rings. The lowest BCUT2D eigenvalue weighted by atomic mass is 9.82. The Bertz CT molecular complexity index is 896. The van der Waals surface area contributed by atoms with E-state index in [9.17, 15) is 9.59 Å². The van der Waals surface area contributed by atoms with Gasteiger partial charge in [0.25, 0.3) is 5.91 Å². The highest BCUT2D eigenvalue weighted by atomic mass is 16.2. The van der Waals surface area contributed by atoms with Crippen LogP contribution in [-0.4, -0.2) is 29.4 Å². The predicted molar refractivity (Wildman–Crippen MR) is 112 cm³/mol. The molecule has 2 heterocycles. The maximum atomic E-state index is 12.4. The number of aromatic nitrogens is 1. The minimum atomic E-state index is -0.113. The fraction of sp³-hybridized carbons (Fsp3) is 0.409. The van der Waals surface area contributed by atoms with Gasteiger partial charge in [-0.3, -0.25) is 9.59 Å². The van der Waals surface area contributed by atoms with Crippen LogP contribution < -0.4 is 15.5 Å². The summed E-state index contributed by atoms with van der Waals surface area (Å²) >= 11 is 0. The molecule has 0 bridgehead atoms. The smallest absolute Gasteiger partial charge is 0.251 e. The number of aryl methyl sites for hydroxylation is 1. The topological polar surface area (TPSA) is 74.3 Å². The first-order valence-corrected chi connectivity index (χ1v) is 9.75. The van der Waals surface area contributed by atoms with Crippen LogP contribution in [0, 0.1) is 12.8 Å². The number of hydrogen-bond acceptors (Lipinski definition) is 4. The quantitative estimate of drug-likeness (QED) is 0.848. The number of carbonyl (C=O) groups is 2. The Hall–Kier alpha value is -2.89. The van der Waals surface area contributed by atoms with Crippen molar-refractivity contribution in [3.63, 3.8) is 0 Å². The number of fused-ring (bicyclic) bond motifs is 1. The van der Waals surface area contributed by atoms with Crippen LogP contribution >= 0.6 is 0 Å². The SMILES string of the molecule is CCNC(=O)c1ccc2c(c1)C(Nc1cccc(C)n1)[C@@H](C)[C@H](C)N2C(C)=O. The summed E-state index contributed by atoms with van der Waals surface area (Å²) < 4.78 is 0. The second kappa shape index (κ2) is 8.00. The molecule has 6 heteroatoms. The molecule has 1 aromatic carbocycles. The van der Waals surface area contributed by atoms with Crippen molar-refractivity contribution < 1.29 is 9.59 Å². The first-order valence-electron chi connectivity index (χ1n) is 9.75. The van der Waals surface area contributed by atoms with Gasteiger partial charge in [-0.05, 0) is 56.7 Å². The number of rotatable bonds is 4. The molecule has 0 saturated heterocycles. The molecular weight excluding hydrogens is 352 g/mol. The highest BCUT2D eigenvalue weighted by molar-refractivity contribution is 5.97. The molecule has 28 heavy (non-hydrogen) atoms. The molecule has 3 rings (SSSR count). The normalized spacial score (nSPS) is 21.0. The van der Waals surface area contributed by atoms with E-state index in [-0.39, 0.29) is 29.8 Å². The van der Waals surface area contributed by atoms with Gasteiger partial charge in [0.2, 0.25) is 5.91 Å². The molecule has 0 radical (unpaired) electrons. The van der Waals surface area contributed by atoms with E-state index in [2.05, 4.69) is 29.5 Å². The summed E-state index contributed by atoms with van der Waals surface area (Å²) in [6, 6.07) is 11.4. The number of nitrogens with zero attached hydrogens (tertiary/aromatic N) is 2. The summed E-state index contributed by atoms with van der Waals surface area (Å²) in [5.41, 5.74) is 3.31. The fourth-order valence-corrected chi connectivity index (χ4v) is 3.89. The van der Waals surface area contributed by atoms with Gasteiger partial charge in [0.05, 0.1) is 6.04 Å². The van der Waals surface area contributed by atoms with Gasteiger partial charge in [-0.15, -0.1) is 0 Å². The van der Waals surface area contributed by atoms with Gasteiger partial charge in [-0.1, -0.05) is 13.0 Å². The Morgan fingerprint density at radius 1 is 1.18 bits per heavy atom. The van der Waals surface area contributed by atoms with Crippen LogP contribution in [0.1, 0.15) is 55.4 Å². The molecule has 1 aliphatic heterocycles. The van der Waals surface area contributed by atoms with Crippen molar-refractivity contribution in [1.82, 2.24) is 10.3 Å². The predicted octanol–water partition coefficient (Wildman–Crippen LogP) is 3.68. The van der Waals surface area contributed by atoms with E-state index in [1.807, 2.05) is 49.1 Å². The van der Waals surface area contributed by atoms with Crippen LogP contribution in [0.5, 0.6) is 0 Å². The van der Waals surface area contributed by atoms with Crippen LogP contribution in [0.3, 0.4) is 0 Å². The molecule has 0 spiro atoms. The standard InChI is InChI=1S/C22H28N4O2/c1-6-23-22(28)17-10-11-19-18(12-17)21(14(3)15(4)26(19)16(5)27)25-20-9-7-8-13(2)24-20/h7-12,14-15,21H,6H2,1-5H3,(H,23,28)(H,24,25)/t14-,15-,21?/m0/s1. The maximum Gasteiger partial charge on any atom is 0.251 e. The van der Waals surface area contributed by atoms with Gasteiger partial charge < -0.3 is 15.5 Å². The number of benzene rings is 1. The third kappa shape index (κ3) is 3.72. The van der Waals surface area contributed by atoms with Crippen LogP contribution in [0.15, 0.2) is 36.4 Å². The number of amides is 2. The number of nitrogens with one attached hydrogen (secondary N) is 2. The summed E-state index contributed by atoms with van der Waals surface area (Å²) in [7, 11) is 0. The molecule has 2 N–H and O–H groups in total. The largest absolute Gasteiger partial charge is 0.363 e. The number of pyridine rings is 1. The Kier molecular flexibility index (Phi) is 5.68. The van der Waals surface area contributed by atoms with Crippen LogP contribution in [0.4, 0.5) is 11.5 Å². The average molecular weight is 380 g/mol. The average Bonchev–Trinajstić information content (AvgIpc) is 2.65. The molecule has 1 aromatic heterocycles. The third-order valence-corrected chi connectivity index (χ3v) is 5.45. The highest BCUT2D eigenvalue weighted by Gasteiger charge is 2.38. The van der Waals surface area contributed by atoms with E-state index in [1.54, 1.807) is 13.0 Å². The molecule has 2 aromatic rings. The first kappa shape index (κ1) is 19.9. The van der Waals surface area contributed by atoms with Gasteiger partial charge in [-0.25, -0.2) is 4.98 Å². The summed E-state index contributed by atoms with van der Waals surface area (Å²) in [5, 5.41) is 6.38. The van der Waals surface area contributed by atoms with E-state index in [4.69, 9.17) is 0 Å². The number of hydrogen-bond donors (Lipinski definition) is 2. The summed E-state index contributed by atoms with van der Waals surface area (Å²) in [5.74, 6) is 0.801. The van der Waals surface area contributed by atoms with Crippen LogP contribution in [0.2, 0.25) is 0 Å². The Morgan fingerprint density at radius 3 is 2.57 bits per heavy atom. The molecule has 0 saturated carbocycles. The molecule has 3 atom stereocenters. The molecule has 2 amide bonds. The van der Waals surface area contributed by atoms with Crippen molar-refractivity contribution in [2.75, 3.05) is 16.8 Å². The van der Waals surface area contributed by atoms with Gasteiger partial charge in [0.1, 0.15) is 5.82 Å². The molecular formula is C22H28N4O2. The Balaban J connectivity index is 2.09. The van der Waals surface area contributed by atoms with E-state index < -0.39 is 0 Å². The van der Waals surface area contributed by atoms with Crippen molar-refractivity contribution in [2.24, 2.45) is 5.92 Å². The first-order chi connectivity index (χ1) is 13.3. The molecule has 0 aliphatic carbocycles. The zero-order chi connectivity index (χ0) is 20.4. The minimum absolute atomic E-state index is 0.00140. The molecule has 1 unspecified atom stereocenters. The second-order valence-electron chi connectivity index (χ2n) is 7.41. The van der Waals surface area contributed by atoms with E-state index in [0.29, 0.717) is 12.1 Å². The molecule has 6 nitrogen and oxygen atoms in total. The van der Waals surface area contributed by atoms with Crippen molar-refractivity contribution in [3.05, 3.63) is 53.2 Å². The van der Waals surface area contributed by atoms with Crippen LogP contribution in [-0.2, 0) is 4.79 Å². The van der Waals surface area contributed by atoms with Gasteiger partial charge in [0.15, 0.2) is 0 Å². The lowest BCUT2D eigenvalue weighted by Gasteiger charge is -2.44. The summed E-state index contributed by atoms with van der Waals surface area (Å²) in [6.07, 6.45) is 0. The highest BCUT2D eigenvalue weighted by Crippen LogP contribution is 2.42. The number of anilines is 2. The van der Waals surface area contributed by atoms with Gasteiger partial charge in [0, 0.05) is 42.4 Å². The lowest BCUT2D eigenvalue weighted by Crippen LogP contribution is -2.48. The zero-order valence-electron chi connectivity index (χ0n) is 17.1. The van der Waals surface area contributed by atoms with Gasteiger partial charge in [-0.2, -0.15) is 0 Å². The lowest BCUT2D eigenvalue weighted by molar-refractivity contribution is -0.117. The zero-order valence-corrected chi connectivity index (χ0v) is 17.1. The van der Waals surface area contributed by atoms with Crippen molar-refractivity contribution in [3.8, 4) is 0 Å². The van der Waals surface area contributed by atoms with E-state index in [0.717, 1.165) is 22.8 Å². The monoisotopic (exact) mass is 380 g/mol. The molecule has 0 fully saturated rings. The fourth-order valence-electron chi connectivity index (χ4n) is 3.89. The molecule has 148 valence electrons. The maximum absolute atomic E-state index is 12.4. The Morgan fingerprint density at radius 2 is 1.93 bits per heavy atom. The summed E-state index contributed by atoms with van der Waals surface area (Å²) in [4.78, 5) is 31.1. The van der Waals surface area contributed by atoms with E-state index in [1.165, 1.54) is 0 Å². The Labute approximate surface area is 166 Å². The second-order valence-corrected chi connectivity index (χ2v) is 7.41. The van der Waals surface area contributed by atoms with Gasteiger partial charge >= 0.3 is 0 Å².